The lowest BCUT2D eigenvalue weighted by molar-refractivity contribution is 0.102. The molecule has 3 amide bonds. The summed E-state index contributed by atoms with van der Waals surface area (Å²) in [5, 5.41) is 9.50. The Balaban J connectivity index is 1.69. The first-order valence-electron chi connectivity index (χ1n) is 8.21. The van der Waals surface area contributed by atoms with Crippen molar-refractivity contribution in [3.8, 4) is 0 Å². The van der Waals surface area contributed by atoms with Crippen molar-refractivity contribution in [2.75, 3.05) is 16.0 Å². The summed E-state index contributed by atoms with van der Waals surface area (Å²) in [6, 6.07) is 11.6. The summed E-state index contributed by atoms with van der Waals surface area (Å²) in [5.41, 5.74) is 2.46. The van der Waals surface area contributed by atoms with Gasteiger partial charge in [-0.05, 0) is 49.7 Å². The molecule has 0 atom stereocenters. The summed E-state index contributed by atoms with van der Waals surface area (Å²) in [7, 11) is 0. The molecule has 2 aromatic carbocycles. The average molecular weight is 435 g/mol. The summed E-state index contributed by atoms with van der Waals surface area (Å²) in [4.78, 5) is 29.4. The third kappa shape index (κ3) is 4.81. The van der Waals surface area contributed by atoms with Gasteiger partial charge in [0.2, 0.25) is 0 Å². The highest BCUT2D eigenvalue weighted by atomic mass is 35.5. The number of aryl methyl sites for hydroxylation is 1. The highest BCUT2D eigenvalue weighted by Gasteiger charge is 2.18. The minimum atomic E-state index is -0.478. The summed E-state index contributed by atoms with van der Waals surface area (Å²) in [5.74, 6) is -0.316. The molecular weight excluding hydrogens is 419 g/mol. The van der Waals surface area contributed by atoms with E-state index in [4.69, 9.17) is 23.2 Å². The standard InChI is InChI=1S/C19H16Cl2N4O2S/c1-10-14(21)7-4-8-15(10)24-17(26)16-11(2)22-19(28-16)25-18(27)23-13-6-3-5-12(20)9-13/h3-9H,1-2H3,(H,24,26)(H2,22,23,25,27). The number of amides is 3. The van der Waals surface area contributed by atoms with Crippen molar-refractivity contribution in [3.63, 3.8) is 0 Å². The second-order valence-corrected chi connectivity index (χ2v) is 7.73. The number of hydrogen-bond donors (Lipinski definition) is 3. The van der Waals surface area contributed by atoms with Gasteiger partial charge in [-0.25, -0.2) is 9.78 Å². The van der Waals surface area contributed by atoms with E-state index in [1.807, 2.05) is 6.92 Å². The van der Waals surface area contributed by atoms with Crippen LogP contribution in [0.1, 0.15) is 20.9 Å². The molecule has 0 unspecified atom stereocenters. The monoisotopic (exact) mass is 434 g/mol. The number of anilines is 3. The van der Waals surface area contributed by atoms with Crippen molar-refractivity contribution in [2.45, 2.75) is 13.8 Å². The van der Waals surface area contributed by atoms with Crippen LogP contribution in [0.25, 0.3) is 0 Å². The van der Waals surface area contributed by atoms with Gasteiger partial charge in [0.15, 0.2) is 5.13 Å². The Labute approximate surface area is 175 Å². The fourth-order valence-electron chi connectivity index (χ4n) is 2.41. The van der Waals surface area contributed by atoms with Crippen LogP contribution >= 0.6 is 34.5 Å². The maximum atomic E-state index is 12.6. The van der Waals surface area contributed by atoms with Crippen LogP contribution < -0.4 is 16.0 Å². The topological polar surface area (TPSA) is 83.1 Å². The summed E-state index contributed by atoms with van der Waals surface area (Å²) >= 11 is 13.1. The van der Waals surface area contributed by atoms with Gasteiger partial charge in [-0.2, -0.15) is 0 Å². The molecule has 0 saturated carbocycles. The molecule has 9 heteroatoms. The highest BCUT2D eigenvalue weighted by Crippen LogP contribution is 2.27. The van der Waals surface area contributed by atoms with Gasteiger partial charge >= 0.3 is 6.03 Å². The predicted molar refractivity (Wildman–Crippen MR) is 115 cm³/mol. The van der Waals surface area contributed by atoms with Gasteiger partial charge in [-0.3, -0.25) is 10.1 Å². The van der Waals surface area contributed by atoms with Gasteiger partial charge in [0.05, 0.1) is 5.69 Å². The minimum Gasteiger partial charge on any atom is -0.321 e. The van der Waals surface area contributed by atoms with Crippen LogP contribution in [0, 0.1) is 13.8 Å². The van der Waals surface area contributed by atoms with Crippen molar-refractivity contribution >= 4 is 63.0 Å². The second-order valence-electron chi connectivity index (χ2n) is 5.89. The van der Waals surface area contributed by atoms with Gasteiger partial charge < -0.3 is 10.6 Å². The lowest BCUT2D eigenvalue weighted by Crippen LogP contribution is -2.19. The van der Waals surface area contributed by atoms with E-state index in [0.717, 1.165) is 16.9 Å². The fourth-order valence-corrected chi connectivity index (χ4v) is 3.63. The second kappa shape index (κ2) is 8.60. The van der Waals surface area contributed by atoms with Crippen LogP contribution in [-0.4, -0.2) is 16.9 Å². The number of rotatable bonds is 4. The maximum Gasteiger partial charge on any atom is 0.325 e. The molecular formula is C19H16Cl2N4O2S. The number of carbonyl (C=O) groups is 2. The molecule has 0 aliphatic carbocycles. The van der Waals surface area contributed by atoms with Crippen LogP contribution in [0.4, 0.5) is 21.3 Å². The van der Waals surface area contributed by atoms with Crippen molar-refractivity contribution < 1.29 is 9.59 Å². The summed E-state index contributed by atoms with van der Waals surface area (Å²) in [6.45, 7) is 3.53. The molecule has 144 valence electrons. The summed E-state index contributed by atoms with van der Waals surface area (Å²) < 4.78 is 0. The van der Waals surface area contributed by atoms with Crippen LogP contribution in [0.2, 0.25) is 10.0 Å². The Morgan fingerprint density at radius 1 is 1.00 bits per heavy atom. The van der Waals surface area contributed by atoms with Crippen molar-refractivity contribution in [3.05, 3.63) is 68.6 Å². The van der Waals surface area contributed by atoms with E-state index in [-0.39, 0.29) is 5.91 Å². The summed E-state index contributed by atoms with van der Waals surface area (Å²) in [6.07, 6.45) is 0. The zero-order valence-electron chi connectivity index (χ0n) is 15.0. The Kier molecular flexibility index (Phi) is 6.18. The Hall–Kier alpha value is -2.61. The molecule has 28 heavy (non-hydrogen) atoms. The highest BCUT2D eigenvalue weighted by molar-refractivity contribution is 7.17. The van der Waals surface area contributed by atoms with E-state index in [1.165, 1.54) is 0 Å². The molecule has 0 spiro atoms. The van der Waals surface area contributed by atoms with E-state index in [1.54, 1.807) is 49.4 Å². The minimum absolute atomic E-state index is 0.310. The Morgan fingerprint density at radius 2 is 1.75 bits per heavy atom. The first-order valence-corrected chi connectivity index (χ1v) is 9.78. The molecule has 0 fully saturated rings. The number of nitrogens with zero attached hydrogens (tertiary/aromatic N) is 1. The van der Waals surface area contributed by atoms with Crippen LogP contribution in [-0.2, 0) is 0 Å². The predicted octanol–water partition coefficient (Wildman–Crippen LogP) is 5.96. The molecule has 1 heterocycles. The molecule has 0 saturated heterocycles. The van der Waals surface area contributed by atoms with E-state index in [2.05, 4.69) is 20.9 Å². The van der Waals surface area contributed by atoms with Gasteiger partial charge in [-0.15, -0.1) is 0 Å². The third-order valence-corrected chi connectivity index (χ3v) is 5.54. The fraction of sp³-hybridized carbons (Fsp3) is 0.105. The lowest BCUT2D eigenvalue weighted by atomic mass is 10.2. The number of halogens is 2. The quantitative estimate of drug-likeness (QED) is 0.473. The number of urea groups is 1. The molecule has 3 N–H and O–H groups in total. The van der Waals surface area contributed by atoms with Gasteiger partial charge in [-0.1, -0.05) is 46.7 Å². The zero-order chi connectivity index (χ0) is 20.3. The van der Waals surface area contributed by atoms with Crippen molar-refractivity contribution in [1.82, 2.24) is 4.98 Å². The maximum absolute atomic E-state index is 12.6. The number of carbonyl (C=O) groups excluding carboxylic acids is 2. The molecule has 3 aromatic rings. The molecule has 0 radical (unpaired) electrons. The number of nitrogens with one attached hydrogen (secondary N) is 3. The van der Waals surface area contributed by atoms with Crippen LogP contribution in [0.5, 0.6) is 0 Å². The molecule has 0 bridgehead atoms. The zero-order valence-corrected chi connectivity index (χ0v) is 17.3. The molecule has 0 aliphatic heterocycles. The Bertz CT molecular complexity index is 1050. The molecule has 3 rings (SSSR count). The van der Waals surface area contributed by atoms with Gasteiger partial charge in [0.25, 0.3) is 5.91 Å². The van der Waals surface area contributed by atoms with Crippen LogP contribution in [0.3, 0.4) is 0 Å². The Morgan fingerprint density at radius 3 is 2.50 bits per heavy atom. The van der Waals surface area contributed by atoms with E-state index >= 15 is 0 Å². The molecule has 0 aliphatic rings. The SMILES string of the molecule is Cc1nc(NC(=O)Nc2cccc(Cl)c2)sc1C(=O)Nc1cccc(Cl)c1C. The smallest absolute Gasteiger partial charge is 0.321 e. The molecule has 1 aromatic heterocycles. The van der Waals surface area contributed by atoms with Crippen molar-refractivity contribution in [2.24, 2.45) is 0 Å². The first kappa shape index (κ1) is 20.1. The third-order valence-electron chi connectivity index (χ3n) is 3.82. The first-order chi connectivity index (χ1) is 13.3. The normalized spacial score (nSPS) is 10.4. The number of thiazole rings is 1. The largest absolute Gasteiger partial charge is 0.325 e. The van der Waals surface area contributed by atoms with Crippen molar-refractivity contribution in [1.29, 1.82) is 0 Å². The number of benzene rings is 2. The van der Waals surface area contributed by atoms with Crippen LogP contribution in [0.15, 0.2) is 42.5 Å². The number of hydrogen-bond acceptors (Lipinski definition) is 4. The molecule has 6 nitrogen and oxygen atoms in total. The number of aromatic nitrogens is 1. The van der Waals surface area contributed by atoms with Gasteiger partial charge in [0.1, 0.15) is 4.88 Å². The van der Waals surface area contributed by atoms with E-state index < -0.39 is 6.03 Å². The van der Waals surface area contributed by atoms with E-state index in [0.29, 0.717) is 37.1 Å². The average Bonchev–Trinajstić information content (AvgIpc) is 2.99. The lowest BCUT2D eigenvalue weighted by Gasteiger charge is -2.08. The van der Waals surface area contributed by atoms with Gasteiger partial charge in [0, 0.05) is 21.4 Å². The van der Waals surface area contributed by atoms with E-state index in [9.17, 15) is 9.59 Å².